The van der Waals surface area contributed by atoms with Crippen molar-refractivity contribution in [3.63, 3.8) is 0 Å². The molecular formula is C40H36F6N4O4Si. The van der Waals surface area contributed by atoms with Crippen LogP contribution in [0.5, 0.6) is 5.88 Å². The van der Waals surface area contributed by atoms with Gasteiger partial charge in [-0.3, -0.25) is 9.78 Å². The number of rotatable bonds is 8. The second kappa shape index (κ2) is 15.3. The van der Waals surface area contributed by atoms with E-state index in [1.54, 1.807) is 42.5 Å². The summed E-state index contributed by atoms with van der Waals surface area (Å²) in [5, 5.41) is 0.781. The molecule has 5 aromatic rings. The molecule has 2 unspecified atom stereocenters. The van der Waals surface area contributed by atoms with Crippen molar-refractivity contribution in [2.45, 2.75) is 63.3 Å². The van der Waals surface area contributed by atoms with Crippen LogP contribution in [0.25, 0.3) is 33.2 Å². The number of carbonyl (C=O) groups excluding carboxylic acids is 2. The van der Waals surface area contributed by atoms with Crippen LogP contribution in [0.2, 0.25) is 19.6 Å². The number of aromatic amines is 1. The molecule has 1 N–H and O–H groups in total. The number of halogens is 6. The highest BCUT2D eigenvalue weighted by Crippen LogP contribution is 2.42. The predicted octanol–water partition coefficient (Wildman–Crippen LogP) is 8.62. The van der Waals surface area contributed by atoms with E-state index in [-0.39, 0.29) is 18.7 Å². The van der Waals surface area contributed by atoms with Gasteiger partial charge in [0.2, 0.25) is 5.88 Å². The fourth-order valence-corrected chi connectivity index (χ4v) is 6.88. The molecular weight excluding hydrogens is 743 g/mol. The predicted molar refractivity (Wildman–Crippen MR) is 196 cm³/mol. The number of aromatic nitrogens is 3. The van der Waals surface area contributed by atoms with Crippen molar-refractivity contribution < 1.29 is 45.4 Å². The van der Waals surface area contributed by atoms with Crippen LogP contribution < -0.4 is 4.74 Å². The fourth-order valence-electron chi connectivity index (χ4n) is 6.40. The second-order valence-electron chi connectivity index (χ2n) is 14.2. The van der Waals surface area contributed by atoms with E-state index in [9.17, 15) is 35.9 Å². The molecule has 1 aliphatic heterocycles. The minimum Gasteiger partial charge on any atom is -0.468 e. The Morgan fingerprint density at radius 2 is 1.53 bits per heavy atom. The van der Waals surface area contributed by atoms with Crippen molar-refractivity contribution in [2.75, 3.05) is 13.7 Å². The Bertz CT molecular complexity index is 2250. The Kier molecular flexibility index (Phi) is 10.8. The summed E-state index contributed by atoms with van der Waals surface area (Å²) in [4.78, 5) is 40.8. The van der Waals surface area contributed by atoms with Gasteiger partial charge in [0, 0.05) is 64.7 Å². The third kappa shape index (κ3) is 9.37. The molecule has 8 nitrogen and oxygen atoms in total. The van der Waals surface area contributed by atoms with E-state index < -0.39 is 57.4 Å². The number of methoxy groups -OCH3 is 1. The average molecular weight is 779 g/mol. The van der Waals surface area contributed by atoms with Crippen molar-refractivity contribution in [1.29, 1.82) is 0 Å². The number of benzene rings is 2. The van der Waals surface area contributed by atoms with Gasteiger partial charge in [-0.1, -0.05) is 56.0 Å². The lowest BCUT2D eigenvalue weighted by Crippen LogP contribution is -2.51. The first kappa shape index (κ1) is 39.1. The molecule has 286 valence electrons. The first-order valence-corrected chi connectivity index (χ1v) is 20.7. The number of hydrogen-bond acceptors (Lipinski definition) is 6. The molecule has 1 aliphatic rings. The van der Waals surface area contributed by atoms with Gasteiger partial charge in [0.05, 0.1) is 13.2 Å². The molecule has 55 heavy (non-hydrogen) atoms. The molecule has 15 heteroatoms. The number of alkyl halides is 6. The Balaban J connectivity index is 1.41. The topological polar surface area (TPSA) is 97.4 Å². The standard InChI is InChI=1S/C40H36F6N4O4Si/c1-53-38(52)33-20-31-30-19-26(28-9-12-29(47-21-28)15-17-39(41,42)43)10-13-32(30)49-36(31)37(50(33)35(51)16-18-55(2,3)4)25-7-5-24(6-8-25)27-11-14-34(48-22-27)54-23-40(44,45)46/h5-14,19,21-22,33,37,49H,15,17,20,23H2,1-4H3. The summed E-state index contributed by atoms with van der Waals surface area (Å²) >= 11 is 0. The monoisotopic (exact) mass is 778 g/mol. The van der Waals surface area contributed by atoms with Crippen molar-refractivity contribution >= 4 is 30.9 Å². The van der Waals surface area contributed by atoms with Gasteiger partial charge < -0.3 is 19.4 Å². The Morgan fingerprint density at radius 1 is 0.873 bits per heavy atom. The van der Waals surface area contributed by atoms with E-state index in [0.717, 1.165) is 22.0 Å². The maximum atomic E-state index is 14.1. The molecule has 6 rings (SSSR count). The lowest BCUT2D eigenvalue weighted by Gasteiger charge is -2.40. The summed E-state index contributed by atoms with van der Waals surface area (Å²) in [5.41, 5.74) is 8.98. The van der Waals surface area contributed by atoms with Crippen molar-refractivity contribution in [2.24, 2.45) is 0 Å². The zero-order valence-corrected chi connectivity index (χ0v) is 31.2. The van der Waals surface area contributed by atoms with Crippen molar-refractivity contribution in [3.8, 4) is 39.6 Å². The highest BCUT2D eigenvalue weighted by atomic mass is 28.3. The SMILES string of the molecule is COC(=O)C1Cc2c([nH]c3ccc(-c4ccc(CCC(F)(F)F)nc4)cc23)C(c2ccc(-c3ccc(OCC(F)(F)F)nc3)cc2)N1C(=O)C#C[Si](C)(C)C. The fraction of sp³-hybridized carbons (Fsp3) is 0.300. The number of ether oxygens (including phenoxy) is 2. The van der Waals surface area contributed by atoms with Gasteiger partial charge in [-0.15, -0.1) is 5.54 Å². The molecule has 0 spiro atoms. The number of amides is 1. The zero-order chi connectivity index (χ0) is 39.7. The van der Waals surface area contributed by atoms with Crippen LogP contribution in [-0.2, 0) is 27.2 Å². The number of carbonyl (C=O) groups is 2. The summed E-state index contributed by atoms with van der Waals surface area (Å²) < 4.78 is 86.0. The molecule has 3 aromatic heterocycles. The van der Waals surface area contributed by atoms with Gasteiger partial charge in [0.1, 0.15) is 14.1 Å². The molecule has 0 saturated carbocycles. The van der Waals surface area contributed by atoms with E-state index in [0.29, 0.717) is 33.6 Å². The third-order valence-corrected chi connectivity index (χ3v) is 9.85. The lowest BCUT2D eigenvalue weighted by molar-refractivity contribution is -0.154. The first-order valence-electron chi connectivity index (χ1n) is 17.2. The first-order chi connectivity index (χ1) is 25.9. The molecule has 0 saturated heterocycles. The number of esters is 1. The van der Waals surface area contributed by atoms with Gasteiger partial charge in [0.15, 0.2) is 6.61 Å². The highest BCUT2D eigenvalue weighted by Gasteiger charge is 2.44. The van der Waals surface area contributed by atoms with Gasteiger partial charge in [-0.25, -0.2) is 9.78 Å². The smallest absolute Gasteiger partial charge is 0.422 e. The van der Waals surface area contributed by atoms with Crippen LogP contribution in [0.1, 0.15) is 35.0 Å². The maximum Gasteiger partial charge on any atom is 0.422 e. The molecule has 4 heterocycles. The highest BCUT2D eigenvalue weighted by molar-refractivity contribution is 6.84. The number of fused-ring (bicyclic) bond motifs is 3. The van der Waals surface area contributed by atoms with Crippen LogP contribution in [-0.4, -0.2) is 71.9 Å². The van der Waals surface area contributed by atoms with Gasteiger partial charge in [0.25, 0.3) is 5.91 Å². The molecule has 0 bridgehead atoms. The summed E-state index contributed by atoms with van der Waals surface area (Å²) in [6, 6.07) is 17.2. The number of H-pyrrole nitrogens is 1. The molecule has 0 radical (unpaired) electrons. The molecule has 1 amide bonds. The normalized spacial score (nSPS) is 15.9. The third-order valence-electron chi connectivity index (χ3n) is 8.98. The Morgan fingerprint density at radius 3 is 2.13 bits per heavy atom. The van der Waals surface area contributed by atoms with Crippen LogP contribution in [0.3, 0.4) is 0 Å². The van der Waals surface area contributed by atoms with Crippen LogP contribution in [0.15, 0.2) is 79.1 Å². The number of pyridine rings is 2. The number of nitrogens with one attached hydrogen (secondary N) is 1. The summed E-state index contributed by atoms with van der Waals surface area (Å²) in [5.74, 6) is 1.45. The minimum absolute atomic E-state index is 0.115. The molecule has 2 atom stereocenters. The number of hydrogen-bond donors (Lipinski definition) is 1. The van der Waals surface area contributed by atoms with E-state index in [2.05, 4.69) is 26.4 Å². The quantitative estimate of drug-likeness (QED) is 0.0734. The molecule has 2 aromatic carbocycles. The maximum absolute atomic E-state index is 14.1. The van der Waals surface area contributed by atoms with E-state index in [4.69, 9.17) is 9.47 Å². The van der Waals surface area contributed by atoms with Gasteiger partial charge in [-0.05, 0) is 58.9 Å². The summed E-state index contributed by atoms with van der Waals surface area (Å²) in [7, 11) is -0.764. The average Bonchev–Trinajstić information content (AvgIpc) is 3.51. The van der Waals surface area contributed by atoms with Crippen LogP contribution in [0.4, 0.5) is 26.3 Å². The molecule has 0 fully saturated rings. The van der Waals surface area contributed by atoms with E-state index in [1.165, 1.54) is 30.5 Å². The second-order valence-corrected chi connectivity index (χ2v) is 18.9. The largest absolute Gasteiger partial charge is 0.468 e. The van der Waals surface area contributed by atoms with Crippen LogP contribution in [0, 0.1) is 11.5 Å². The van der Waals surface area contributed by atoms with Crippen molar-refractivity contribution in [1.82, 2.24) is 19.9 Å². The van der Waals surface area contributed by atoms with E-state index in [1.807, 2.05) is 37.8 Å². The summed E-state index contributed by atoms with van der Waals surface area (Å²) in [6.45, 7) is 4.54. The van der Waals surface area contributed by atoms with Crippen LogP contribution >= 0.6 is 0 Å². The van der Waals surface area contributed by atoms with E-state index >= 15 is 0 Å². The summed E-state index contributed by atoms with van der Waals surface area (Å²) in [6.07, 6.45) is -6.94. The number of nitrogens with zero attached hydrogens (tertiary/aromatic N) is 3. The van der Waals surface area contributed by atoms with Crippen molar-refractivity contribution in [3.05, 3.63) is 102 Å². The minimum atomic E-state index is -4.50. The zero-order valence-electron chi connectivity index (χ0n) is 30.2. The Hall–Kier alpha value is -5.62. The number of aryl methyl sites for hydroxylation is 1. The van der Waals surface area contributed by atoms with Gasteiger partial charge in [-0.2, -0.15) is 26.3 Å². The molecule has 0 aliphatic carbocycles. The Labute approximate surface area is 313 Å². The van der Waals surface area contributed by atoms with Gasteiger partial charge >= 0.3 is 18.3 Å². The lowest BCUT2D eigenvalue weighted by atomic mass is 9.87.